The van der Waals surface area contributed by atoms with Gasteiger partial charge in [0.2, 0.25) is 0 Å². The number of rotatable bonds is 22. The molecule has 0 aromatic heterocycles. The number of nitrogens with zero attached hydrogens (tertiary/aromatic N) is 1. The van der Waals surface area contributed by atoms with Crippen molar-refractivity contribution in [3.8, 4) is 0 Å². The van der Waals surface area contributed by atoms with Gasteiger partial charge in [0.1, 0.15) is 0 Å². The van der Waals surface area contributed by atoms with Crippen LogP contribution in [0.2, 0.25) is 49.4 Å². The van der Waals surface area contributed by atoms with E-state index < -0.39 is 43.9 Å². The molecule has 0 spiro atoms. The van der Waals surface area contributed by atoms with Gasteiger partial charge in [0, 0.05) is 63.8 Å². The molecule has 14 heteroatoms. The van der Waals surface area contributed by atoms with Gasteiger partial charge in [0.25, 0.3) is 8.48 Å². The Balaban J connectivity index is 5.40. The second-order valence-electron chi connectivity index (χ2n) is 10.4. The van der Waals surface area contributed by atoms with Crippen LogP contribution in [0.3, 0.4) is 0 Å². The lowest BCUT2D eigenvalue weighted by atomic mass is 10.3. The average molecular weight is 603 g/mol. The Morgan fingerprint density at radius 2 is 1.31 bits per heavy atom. The highest BCUT2D eigenvalue weighted by atomic mass is 28.4. The van der Waals surface area contributed by atoms with Crippen LogP contribution in [0.5, 0.6) is 0 Å². The van der Waals surface area contributed by atoms with Crippen LogP contribution in [-0.4, -0.2) is 117 Å². The highest BCUT2D eigenvalue weighted by molar-refractivity contribution is 6.84. The largest absolute Gasteiger partial charge is 0.503 e. The molecule has 0 amide bonds. The van der Waals surface area contributed by atoms with Gasteiger partial charge in [-0.05, 0) is 70.0 Å². The van der Waals surface area contributed by atoms with Crippen LogP contribution in [0.15, 0.2) is 0 Å². The van der Waals surface area contributed by atoms with Crippen molar-refractivity contribution in [2.24, 2.45) is 0 Å². The van der Waals surface area contributed by atoms with Crippen LogP contribution >= 0.6 is 0 Å². The molecule has 0 bridgehead atoms. The summed E-state index contributed by atoms with van der Waals surface area (Å²) in [6.07, 6.45) is 2.00. The van der Waals surface area contributed by atoms with Crippen molar-refractivity contribution >= 4 is 43.9 Å². The van der Waals surface area contributed by atoms with E-state index in [0.29, 0.717) is 5.54 Å². The van der Waals surface area contributed by atoms with Gasteiger partial charge < -0.3 is 40.6 Å². The highest BCUT2D eigenvalue weighted by Gasteiger charge is 2.50. The third kappa shape index (κ3) is 11.1. The van der Waals surface area contributed by atoms with Gasteiger partial charge in [-0.15, -0.1) is 0 Å². The molecule has 0 rings (SSSR count). The quantitative estimate of drug-likeness (QED) is 0.148. The molecular weight excluding hydrogens is 545 g/mol. The van der Waals surface area contributed by atoms with Gasteiger partial charge >= 0.3 is 17.6 Å². The first-order valence-corrected chi connectivity index (χ1v) is 24.8. The van der Waals surface area contributed by atoms with Crippen LogP contribution < -0.4 is 5.32 Å². The number of hydrogen-bond donors (Lipinski definition) is 1. The maximum atomic E-state index is 7.04. The first-order chi connectivity index (χ1) is 16.8. The zero-order valence-corrected chi connectivity index (χ0v) is 31.0. The molecule has 0 aliphatic heterocycles. The summed E-state index contributed by atoms with van der Waals surface area (Å²) in [5.41, 5.74) is 0.715. The molecule has 0 aromatic carbocycles. The maximum absolute atomic E-state index is 7.04. The van der Waals surface area contributed by atoms with Crippen molar-refractivity contribution < 1.29 is 30.7 Å². The summed E-state index contributed by atoms with van der Waals surface area (Å²) in [4.78, 5) is 0. The predicted molar refractivity (Wildman–Crippen MR) is 161 cm³/mol. The first-order valence-electron chi connectivity index (χ1n) is 13.3. The van der Waals surface area contributed by atoms with Crippen molar-refractivity contribution in [1.82, 2.24) is 9.88 Å². The van der Waals surface area contributed by atoms with E-state index in [4.69, 9.17) is 30.7 Å². The minimum absolute atomic E-state index is 0.218. The average Bonchev–Trinajstić information content (AvgIpc) is 2.84. The van der Waals surface area contributed by atoms with Gasteiger partial charge in [-0.1, -0.05) is 20.8 Å². The van der Waals surface area contributed by atoms with Crippen LogP contribution in [-0.2, 0) is 30.7 Å². The second-order valence-corrected chi connectivity index (χ2v) is 27.2. The Hall–Kier alpha value is 0.724. The number of nitrogens with one attached hydrogen (secondary N) is 1. The van der Waals surface area contributed by atoms with Crippen molar-refractivity contribution in [2.45, 2.75) is 76.6 Å². The van der Waals surface area contributed by atoms with Gasteiger partial charge in [-0.3, -0.25) is 0 Å². The summed E-state index contributed by atoms with van der Waals surface area (Å²) >= 11 is 0. The van der Waals surface area contributed by atoms with Crippen molar-refractivity contribution in [1.29, 1.82) is 0 Å². The lowest BCUT2D eigenvalue weighted by molar-refractivity contribution is 0.112. The fraction of sp³-hybridized carbons (Fsp3) is 1.00. The Morgan fingerprint density at radius 1 is 0.806 bits per heavy atom. The van der Waals surface area contributed by atoms with Gasteiger partial charge in [-0.2, -0.15) is 0 Å². The summed E-state index contributed by atoms with van der Waals surface area (Å²) < 4.78 is 44.0. The SMILES string of the molecule is CCN(CC)[Si](C)(C)O[Si](C)(C)CC([SiH2]CNCCC[Si](OC)(OC)OC)C(C)[Si](OC)(OC)OC. The lowest BCUT2D eigenvalue weighted by Gasteiger charge is -2.43. The minimum Gasteiger partial charge on any atom is -0.444 e. The van der Waals surface area contributed by atoms with E-state index in [9.17, 15) is 0 Å². The molecule has 0 saturated heterocycles. The van der Waals surface area contributed by atoms with Gasteiger partial charge in [0.15, 0.2) is 8.32 Å². The van der Waals surface area contributed by atoms with Crippen molar-refractivity contribution in [3.63, 3.8) is 0 Å². The Kier molecular flexibility index (Phi) is 17.8. The van der Waals surface area contributed by atoms with E-state index in [-0.39, 0.29) is 5.54 Å². The molecule has 36 heavy (non-hydrogen) atoms. The molecule has 9 nitrogen and oxygen atoms in total. The molecule has 0 saturated carbocycles. The molecule has 0 fully saturated rings. The molecule has 1 N–H and O–H groups in total. The number of hydrogen-bond acceptors (Lipinski definition) is 9. The summed E-state index contributed by atoms with van der Waals surface area (Å²) in [5.74, 6) is 0. The van der Waals surface area contributed by atoms with Gasteiger partial charge in [0.05, 0.1) is 0 Å². The zero-order chi connectivity index (χ0) is 28.0. The molecule has 0 aliphatic carbocycles. The topological polar surface area (TPSA) is 79.9 Å². The third-order valence-corrected chi connectivity index (χ3v) is 24.8. The highest BCUT2D eigenvalue weighted by Crippen LogP contribution is 2.40. The van der Waals surface area contributed by atoms with Crippen LogP contribution in [0.25, 0.3) is 0 Å². The third-order valence-electron chi connectivity index (χ3n) is 7.38. The fourth-order valence-corrected chi connectivity index (χ4v) is 24.7. The predicted octanol–water partition coefficient (Wildman–Crippen LogP) is 3.29. The summed E-state index contributed by atoms with van der Waals surface area (Å²) in [7, 11) is 0.491. The molecule has 0 aromatic rings. The first kappa shape index (κ1) is 36.7. The molecule has 0 radical (unpaired) electrons. The summed E-state index contributed by atoms with van der Waals surface area (Å²) in [6, 6.07) is 1.90. The van der Waals surface area contributed by atoms with E-state index in [2.05, 4.69) is 56.8 Å². The molecule has 0 aliphatic rings. The fourth-order valence-electron chi connectivity index (χ4n) is 5.42. The smallest absolute Gasteiger partial charge is 0.444 e. The summed E-state index contributed by atoms with van der Waals surface area (Å²) in [6.45, 7) is 19.1. The lowest BCUT2D eigenvalue weighted by Crippen LogP contribution is -2.57. The second kappa shape index (κ2) is 17.4. The maximum Gasteiger partial charge on any atom is 0.503 e. The van der Waals surface area contributed by atoms with Crippen LogP contribution in [0.1, 0.15) is 27.2 Å². The van der Waals surface area contributed by atoms with Gasteiger partial charge in [-0.25, -0.2) is 0 Å². The Labute approximate surface area is 229 Å². The minimum atomic E-state index is -2.76. The zero-order valence-electron chi connectivity index (χ0n) is 25.6. The standard InChI is InChI=1S/C22H58N2O7Si5/c1-14-24(15-2)34(12,13)31-33(10,11)19-22(21(3)36(28-7,29-8)30-9)32-20-23-17-16-18-35(25-4,26-5)27-6/h21-23H,14-20,32H2,1-13H3. The molecular formula is C22H58N2O7Si5. The van der Waals surface area contributed by atoms with E-state index in [1.807, 2.05) is 0 Å². The molecule has 0 heterocycles. The molecule has 218 valence electrons. The van der Waals surface area contributed by atoms with Crippen molar-refractivity contribution in [2.75, 3.05) is 68.5 Å². The monoisotopic (exact) mass is 602 g/mol. The normalized spacial score (nSPS) is 15.8. The van der Waals surface area contributed by atoms with E-state index in [1.54, 1.807) is 42.7 Å². The molecule has 2 unspecified atom stereocenters. The van der Waals surface area contributed by atoms with Crippen LogP contribution in [0.4, 0.5) is 0 Å². The van der Waals surface area contributed by atoms with E-state index in [0.717, 1.165) is 44.3 Å². The summed E-state index contributed by atoms with van der Waals surface area (Å²) in [5, 5.41) is 3.68. The Morgan fingerprint density at radius 3 is 1.72 bits per heavy atom. The Bertz CT molecular complexity index is 564. The van der Waals surface area contributed by atoms with Crippen molar-refractivity contribution in [3.05, 3.63) is 0 Å². The van der Waals surface area contributed by atoms with Crippen LogP contribution in [0, 0.1) is 0 Å². The van der Waals surface area contributed by atoms with E-state index >= 15 is 0 Å². The molecule has 2 atom stereocenters. The van der Waals surface area contributed by atoms with E-state index in [1.165, 1.54) is 0 Å².